The van der Waals surface area contributed by atoms with Crippen molar-refractivity contribution in [2.75, 3.05) is 19.6 Å². The molecule has 1 N–H and O–H groups in total. The SMILES string of the molecule is Cn1nc(-c2ccco2)cc1C1CN2CCC1CC2CNS(=O)(=O)c1cccs1. The number of sulfonamides is 1. The number of aromatic nitrogens is 2. The molecule has 3 aromatic rings. The summed E-state index contributed by atoms with van der Waals surface area (Å²) >= 11 is 1.25. The van der Waals surface area contributed by atoms with E-state index in [9.17, 15) is 8.42 Å². The third kappa shape index (κ3) is 3.56. The van der Waals surface area contributed by atoms with Crippen LogP contribution >= 0.6 is 11.3 Å². The van der Waals surface area contributed by atoms with Crippen LogP contribution in [-0.4, -0.2) is 48.8 Å². The lowest BCUT2D eigenvalue weighted by atomic mass is 9.74. The number of nitrogens with one attached hydrogen (secondary N) is 1. The maximum absolute atomic E-state index is 12.4. The molecule has 0 aliphatic carbocycles. The molecule has 0 amide bonds. The first-order valence-corrected chi connectivity index (χ1v) is 12.2. The van der Waals surface area contributed by atoms with Gasteiger partial charge in [0.1, 0.15) is 9.90 Å². The summed E-state index contributed by atoms with van der Waals surface area (Å²) in [7, 11) is -1.42. The van der Waals surface area contributed by atoms with Crippen molar-refractivity contribution in [1.82, 2.24) is 19.4 Å². The van der Waals surface area contributed by atoms with Crippen LogP contribution in [0, 0.1) is 5.92 Å². The molecule has 29 heavy (non-hydrogen) atoms. The largest absolute Gasteiger partial charge is 0.463 e. The van der Waals surface area contributed by atoms with Crippen LogP contribution in [0.2, 0.25) is 0 Å². The zero-order valence-electron chi connectivity index (χ0n) is 16.2. The van der Waals surface area contributed by atoms with Gasteiger partial charge in [0.25, 0.3) is 0 Å². The molecule has 2 bridgehead atoms. The topological polar surface area (TPSA) is 80.4 Å². The Labute approximate surface area is 174 Å². The number of thiophene rings is 1. The Morgan fingerprint density at radius 2 is 2.24 bits per heavy atom. The third-order valence-electron chi connectivity index (χ3n) is 6.22. The van der Waals surface area contributed by atoms with Crippen molar-refractivity contribution in [2.45, 2.75) is 29.0 Å². The maximum atomic E-state index is 12.4. The van der Waals surface area contributed by atoms with Gasteiger partial charge in [0.15, 0.2) is 5.76 Å². The number of hydrogen-bond acceptors (Lipinski definition) is 6. The molecule has 3 fully saturated rings. The molecule has 6 rings (SSSR count). The van der Waals surface area contributed by atoms with E-state index in [2.05, 4.69) is 20.8 Å². The second-order valence-electron chi connectivity index (χ2n) is 7.88. The zero-order chi connectivity index (χ0) is 20.0. The van der Waals surface area contributed by atoms with Crippen molar-refractivity contribution in [3.8, 4) is 11.5 Å². The second kappa shape index (κ2) is 7.39. The van der Waals surface area contributed by atoms with Crippen LogP contribution in [0.15, 0.2) is 50.6 Å². The van der Waals surface area contributed by atoms with Crippen LogP contribution in [-0.2, 0) is 17.1 Å². The maximum Gasteiger partial charge on any atom is 0.250 e. The average Bonchev–Trinajstić information content (AvgIpc) is 3.48. The predicted molar refractivity (Wildman–Crippen MR) is 111 cm³/mol. The lowest BCUT2D eigenvalue weighted by Gasteiger charge is -2.49. The number of piperidine rings is 3. The average molecular weight is 433 g/mol. The number of nitrogens with zero attached hydrogens (tertiary/aromatic N) is 3. The lowest BCUT2D eigenvalue weighted by molar-refractivity contribution is 0.0306. The molecule has 3 saturated heterocycles. The minimum Gasteiger partial charge on any atom is -0.463 e. The molecule has 154 valence electrons. The quantitative estimate of drug-likeness (QED) is 0.648. The van der Waals surface area contributed by atoms with Crippen molar-refractivity contribution in [2.24, 2.45) is 13.0 Å². The van der Waals surface area contributed by atoms with Crippen molar-refractivity contribution in [3.63, 3.8) is 0 Å². The van der Waals surface area contributed by atoms with Gasteiger partial charge < -0.3 is 4.42 Å². The second-order valence-corrected chi connectivity index (χ2v) is 10.8. The van der Waals surface area contributed by atoms with Crippen molar-refractivity contribution in [1.29, 1.82) is 0 Å². The van der Waals surface area contributed by atoms with Crippen LogP contribution in [0.5, 0.6) is 0 Å². The van der Waals surface area contributed by atoms with E-state index in [-0.39, 0.29) is 6.04 Å². The molecule has 9 heteroatoms. The van der Waals surface area contributed by atoms with Crippen molar-refractivity contribution >= 4 is 21.4 Å². The Balaban J connectivity index is 1.28. The van der Waals surface area contributed by atoms with Gasteiger partial charge in [0.05, 0.1) is 6.26 Å². The molecule has 0 spiro atoms. The van der Waals surface area contributed by atoms with E-state index in [0.717, 1.165) is 37.4 Å². The fourth-order valence-corrected chi connectivity index (χ4v) is 6.86. The zero-order valence-corrected chi connectivity index (χ0v) is 17.8. The fourth-order valence-electron chi connectivity index (χ4n) is 4.75. The van der Waals surface area contributed by atoms with Gasteiger partial charge >= 0.3 is 0 Å². The third-order valence-corrected chi connectivity index (χ3v) is 9.04. The van der Waals surface area contributed by atoms with E-state index in [1.807, 2.05) is 23.9 Å². The summed E-state index contributed by atoms with van der Waals surface area (Å²) in [6, 6.07) is 9.60. The molecule has 3 aliphatic heterocycles. The van der Waals surface area contributed by atoms with Crippen LogP contribution in [0.3, 0.4) is 0 Å². The molecule has 4 unspecified atom stereocenters. The normalized spacial score (nSPS) is 26.8. The smallest absolute Gasteiger partial charge is 0.250 e. The van der Waals surface area contributed by atoms with Gasteiger partial charge in [0.2, 0.25) is 10.0 Å². The molecule has 0 aromatic carbocycles. The van der Waals surface area contributed by atoms with Gasteiger partial charge in [0, 0.05) is 37.8 Å². The van der Waals surface area contributed by atoms with E-state index >= 15 is 0 Å². The van der Waals surface area contributed by atoms with Crippen LogP contribution in [0.4, 0.5) is 0 Å². The number of rotatable bonds is 6. The molecular formula is C20H24N4O3S2. The van der Waals surface area contributed by atoms with Gasteiger partial charge in [-0.2, -0.15) is 5.10 Å². The number of fused-ring (bicyclic) bond motifs is 3. The number of aryl methyl sites for hydroxylation is 1. The standard InChI is InChI=1S/C20H24N4O3S2/c1-23-18(11-17(22-23)19-4-2-8-27-19)16-13-24-7-6-14(16)10-15(24)12-21-29(25,26)20-5-3-9-28-20/h2-5,8-9,11,14-16,21H,6-7,10,12-13H2,1H3. The first-order valence-electron chi connectivity index (χ1n) is 9.86. The summed E-state index contributed by atoms with van der Waals surface area (Å²) in [5, 5.41) is 6.43. The summed E-state index contributed by atoms with van der Waals surface area (Å²) in [6.07, 6.45) is 3.80. The summed E-state index contributed by atoms with van der Waals surface area (Å²) in [5.41, 5.74) is 2.09. The van der Waals surface area contributed by atoms with E-state index in [4.69, 9.17) is 4.42 Å². The lowest BCUT2D eigenvalue weighted by Crippen LogP contribution is -2.56. The van der Waals surface area contributed by atoms with Gasteiger partial charge in [-0.15, -0.1) is 11.3 Å². The van der Waals surface area contributed by atoms with Crippen molar-refractivity contribution < 1.29 is 12.8 Å². The first-order chi connectivity index (χ1) is 14.0. The Morgan fingerprint density at radius 3 is 2.93 bits per heavy atom. The molecule has 0 saturated carbocycles. The van der Waals surface area contributed by atoms with Crippen molar-refractivity contribution in [3.05, 3.63) is 47.7 Å². The molecule has 3 aromatic heterocycles. The minimum absolute atomic E-state index is 0.248. The van der Waals surface area contributed by atoms with Crippen LogP contribution in [0.1, 0.15) is 24.5 Å². The van der Waals surface area contributed by atoms with Gasteiger partial charge in [-0.25, -0.2) is 13.1 Å². The van der Waals surface area contributed by atoms with E-state index in [0.29, 0.717) is 22.6 Å². The summed E-state index contributed by atoms with van der Waals surface area (Å²) < 4.78 is 35.6. The summed E-state index contributed by atoms with van der Waals surface area (Å²) in [4.78, 5) is 2.43. The van der Waals surface area contributed by atoms with Crippen LogP contribution < -0.4 is 4.72 Å². The first kappa shape index (κ1) is 19.0. The van der Waals surface area contributed by atoms with Gasteiger partial charge in [-0.1, -0.05) is 6.07 Å². The summed E-state index contributed by atoms with van der Waals surface area (Å²) in [6.45, 7) is 2.43. The summed E-state index contributed by atoms with van der Waals surface area (Å²) in [5.74, 6) is 1.74. The molecular weight excluding hydrogens is 408 g/mol. The Kier molecular flexibility index (Phi) is 4.85. The number of hydrogen-bond donors (Lipinski definition) is 1. The Bertz CT molecular complexity index is 1070. The van der Waals surface area contributed by atoms with E-state index in [1.54, 1.807) is 23.8 Å². The van der Waals surface area contributed by atoms with E-state index < -0.39 is 10.0 Å². The molecule has 4 atom stereocenters. The molecule has 7 nitrogen and oxygen atoms in total. The monoisotopic (exact) mass is 432 g/mol. The highest BCUT2D eigenvalue weighted by atomic mass is 32.2. The highest BCUT2D eigenvalue weighted by Crippen LogP contribution is 2.42. The molecule has 0 radical (unpaired) electrons. The van der Waals surface area contributed by atoms with Gasteiger partial charge in [-0.05, 0) is 54.9 Å². The minimum atomic E-state index is -3.41. The highest BCUT2D eigenvalue weighted by molar-refractivity contribution is 7.91. The molecule has 3 aliphatic rings. The van der Waals surface area contributed by atoms with Crippen LogP contribution in [0.25, 0.3) is 11.5 Å². The highest BCUT2D eigenvalue weighted by Gasteiger charge is 2.42. The Morgan fingerprint density at radius 1 is 1.34 bits per heavy atom. The number of furan rings is 1. The fraction of sp³-hybridized carbons (Fsp3) is 0.450. The van der Waals surface area contributed by atoms with Gasteiger partial charge in [-0.3, -0.25) is 9.58 Å². The molecule has 6 heterocycles. The Hall–Kier alpha value is -1.94. The predicted octanol–water partition coefficient (Wildman–Crippen LogP) is 2.90. The van der Waals surface area contributed by atoms with E-state index in [1.165, 1.54) is 17.0 Å².